The molecule has 7 nitrogen and oxygen atoms in total. The minimum absolute atomic E-state index is 0.196. The van der Waals surface area contributed by atoms with E-state index in [-0.39, 0.29) is 6.10 Å². The largest absolute Gasteiger partial charge is 0.376 e. The van der Waals surface area contributed by atoms with Crippen molar-refractivity contribution in [3.8, 4) is 0 Å². The molecule has 0 spiro atoms. The van der Waals surface area contributed by atoms with Crippen molar-refractivity contribution >= 4 is 17.8 Å². The molecule has 118 valence electrons. The summed E-state index contributed by atoms with van der Waals surface area (Å²) in [7, 11) is 3.85. The van der Waals surface area contributed by atoms with Crippen molar-refractivity contribution in [2.24, 2.45) is 0 Å². The molecular weight excluding hydrogens is 268 g/mol. The fourth-order valence-corrected chi connectivity index (χ4v) is 2.65. The van der Waals surface area contributed by atoms with E-state index in [1.54, 1.807) is 0 Å². The highest BCUT2D eigenvalue weighted by molar-refractivity contribution is 5.45. The summed E-state index contributed by atoms with van der Waals surface area (Å²) in [5.41, 5.74) is 0. The van der Waals surface area contributed by atoms with Crippen molar-refractivity contribution in [1.29, 1.82) is 0 Å². The molecule has 1 saturated heterocycles. The Bertz CT molecular complexity index is 465. The maximum Gasteiger partial charge on any atom is 0.232 e. The summed E-state index contributed by atoms with van der Waals surface area (Å²) in [5.74, 6) is 2.01. The minimum Gasteiger partial charge on any atom is -0.376 e. The molecule has 0 saturated carbocycles. The maximum absolute atomic E-state index is 5.65. The molecule has 1 aromatic rings. The molecular formula is C14H26N6O. The molecule has 1 aromatic heterocycles. The van der Waals surface area contributed by atoms with E-state index in [0.717, 1.165) is 26.1 Å². The van der Waals surface area contributed by atoms with Gasteiger partial charge in [0.2, 0.25) is 17.8 Å². The Morgan fingerprint density at radius 2 is 1.86 bits per heavy atom. The van der Waals surface area contributed by atoms with E-state index in [0.29, 0.717) is 23.9 Å². The van der Waals surface area contributed by atoms with E-state index in [4.69, 9.17) is 4.74 Å². The van der Waals surface area contributed by atoms with Crippen molar-refractivity contribution in [1.82, 2.24) is 15.0 Å². The van der Waals surface area contributed by atoms with E-state index in [2.05, 4.69) is 50.8 Å². The molecule has 21 heavy (non-hydrogen) atoms. The average molecular weight is 294 g/mol. The number of rotatable bonds is 6. The SMILES string of the molecule is CCN(CC)c1nc(NC)nc(N(C)C2CCOC2C)n1. The van der Waals surface area contributed by atoms with Gasteiger partial charge in [-0.25, -0.2) is 0 Å². The average Bonchev–Trinajstić information content (AvgIpc) is 2.93. The third-order valence-corrected chi connectivity index (χ3v) is 4.03. The predicted octanol–water partition coefficient (Wildman–Crippen LogP) is 1.37. The zero-order valence-electron chi connectivity index (χ0n) is 13.6. The first-order valence-electron chi connectivity index (χ1n) is 7.63. The molecule has 0 aliphatic carbocycles. The normalized spacial score (nSPS) is 21.4. The fourth-order valence-electron chi connectivity index (χ4n) is 2.65. The van der Waals surface area contributed by atoms with Crippen LogP contribution in [0.2, 0.25) is 0 Å². The second-order valence-electron chi connectivity index (χ2n) is 5.22. The number of ether oxygens (including phenoxy) is 1. The summed E-state index contributed by atoms with van der Waals surface area (Å²) >= 11 is 0. The molecule has 0 bridgehead atoms. The van der Waals surface area contributed by atoms with Crippen LogP contribution in [0.5, 0.6) is 0 Å². The molecule has 2 rings (SSSR count). The highest BCUT2D eigenvalue weighted by atomic mass is 16.5. The van der Waals surface area contributed by atoms with Gasteiger partial charge in [0.15, 0.2) is 0 Å². The lowest BCUT2D eigenvalue weighted by Crippen LogP contribution is -2.38. The predicted molar refractivity (Wildman–Crippen MR) is 85.2 cm³/mol. The summed E-state index contributed by atoms with van der Waals surface area (Å²) in [6, 6.07) is 0.307. The minimum atomic E-state index is 0.196. The van der Waals surface area contributed by atoms with Gasteiger partial charge in [-0.2, -0.15) is 15.0 Å². The van der Waals surface area contributed by atoms with Gasteiger partial charge in [-0.3, -0.25) is 0 Å². The zero-order valence-corrected chi connectivity index (χ0v) is 13.6. The summed E-state index contributed by atoms with van der Waals surface area (Å²) in [5, 5.41) is 3.02. The van der Waals surface area contributed by atoms with Crippen LogP contribution in [0.15, 0.2) is 0 Å². The lowest BCUT2D eigenvalue weighted by molar-refractivity contribution is 0.118. The first kappa shape index (κ1) is 15.8. The number of hydrogen-bond acceptors (Lipinski definition) is 7. The molecule has 0 amide bonds. The number of aromatic nitrogens is 3. The van der Waals surface area contributed by atoms with Crippen molar-refractivity contribution in [3.05, 3.63) is 0 Å². The smallest absolute Gasteiger partial charge is 0.232 e. The summed E-state index contributed by atoms with van der Waals surface area (Å²) in [6.07, 6.45) is 1.19. The molecule has 7 heteroatoms. The Morgan fingerprint density at radius 1 is 1.19 bits per heavy atom. The number of hydrogen-bond donors (Lipinski definition) is 1. The molecule has 0 radical (unpaired) electrons. The zero-order chi connectivity index (χ0) is 15.4. The van der Waals surface area contributed by atoms with Crippen LogP contribution in [0, 0.1) is 0 Å². The van der Waals surface area contributed by atoms with Gasteiger partial charge >= 0.3 is 0 Å². The van der Waals surface area contributed by atoms with Crippen LogP contribution in [0.4, 0.5) is 17.8 Å². The van der Waals surface area contributed by atoms with Gasteiger partial charge in [0.1, 0.15) is 0 Å². The highest BCUT2D eigenvalue weighted by Gasteiger charge is 2.30. The molecule has 1 aliphatic rings. The Hall–Kier alpha value is -1.63. The van der Waals surface area contributed by atoms with Gasteiger partial charge in [-0.15, -0.1) is 0 Å². The summed E-state index contributed by atoms with van der Waals surface area (Å²) in [4.78, 5) is 17.8. The van der Waals surface area contributed by atoms with E-state index < -0.39 is 0 Å². The first-order valence-corrected chi connectivity index (χ1v) is 7.63. The van der Waals surface area contributed by atoms with Crippen LogP contribution in [-0.2, 0) is 4.74 Å². The second kappa shape index (κ2) is 6.89. The third-order valence-electron chi connectivity index (χ3n) is 4.03. The van der Waals surface area contributed by atoms with Gasteiger partial charge < -0.3 is 19.9 Å². The number of likely N-dealkylation sites (N-methyl/N-ethyl adjacent to an activating group) is 1. The fraction of sp³-hybridized carbons (Fsp3) is 0.786. The van der Waals surface area contributed by atoms with Crippen LogP contribution in [-0.4, -0.2) is 60.9 Å². The number of nitrogens with one attached hydrogen (secondary N) is 1. The monoisotopic (exact) mass is 294 g/mol. The number of nitrogens with zero attached hydrogens (tertiary/aromatic N) is 5. The summed E-state index contributed by atoms with van der Waals surface area (Å²) < 4.78 is 5.65. The van der Waals surface area contributed by atoms with Gasteiger partial charge in [-0.1, -0.05) is 0 Å². The van der Waals surface area contributed by atoms with Gasteiger partial charge in [-0.05, 0) is 27.2 Å². The molecule has 2 heterocycles. The van der Waals surface area contributed by atoms with Crippen molar-refractivity contribution in [2.45, 2.75) is 39.3 Å². The van der Waals surface area contributed by atoms with E-state index in [1.165, 1.54) is 0 Å². The Morgan fingerprint density at radius 3 is 2.38 bits per heavy atom. The standard InChI is InChI=1S/C14H26N6O/c1-6-20(7-2)14-17-12(15-4)16-13(18-14)19(5)11-8-9-21-10(11)3/h10-11H,6-9H2,1-5H3,(H,15,16,17,18). The molecule has 2 unspecified atom stereocenters. The summed E-state index contributed by atoms with van der Waals surface area (Å²) in [6.45, 7) is 8.83. The van der Waals surface area contributed by atoms with Gasteiger partial charge in [0.25, 0.3) is 0 Å². The molecule has 0 aromatic carbocycles. The van der Waals surface area contributed by atoms with Crippen LogP contribution < -0.4 is 15.1 Å². The third kappa shape index (κ3) is 3.34. The van der Waals surface area contributed by atoms with Crippen LogP contribution in [0.25, 0.3) is 0 Å². The van der Waals surface area contributed by atoms with Crippen LogP contribution in [0.1, 0.15) is 27.2 Å². The maximum atomic E-state index is 5.65. The molecule has 2 atom stereocenters. The van der Waals surface area contributed by atoms with Gasteiger partial charge in [0.05, 0.1) is 12.1 Å². The van der Waals surface area contributed by atoms with Gasteiger partial charge in [0, 0.05) is 33.8 Å². The molecule has 1 N–H and O–H groups in total. The first-order chi connectivity index (χ1) is 10.1. The molecule has 1 fully saturated rings. The van der Waals surface area contributed by atoms with Crippen molar-refractivity contribution in [3.63, 3.8) is 0 Å². The number of anilines is 3. The van der Waals surface area contributed by atoms with E-state index in [1.807, 2.05) is 14.1 Å². The van der Waals surface area contributed by atoms with E-state index in [9.17, 15) is 0 Å². The Labute approximate surface area is 126 Å². The van der Waals surface area contributed by atoms with Crippen LogP contribution >= 0.6 is 0 Å². The quantitative estimate of drug-likeness (QED) is 0.850. The van der Waals surface area contributed by atoms with Crippen molar-refractivity contribution in [2.75, 3.05) is 48.9 Å². The molecule has 1 aliphatic heterocycles. The lowest BCUT2D eigenvalue weighted by Gasteiger charge is -2.28. The Balaban J connectivity index is 2.31. The second-order valence-corrected chi connectivity index (χ2v) is 5.22. The topological polar surface area (TPSA) is 66.4 Å². The lowest BCUT2D eigenvalue weighted by atomic mass is 10.1. The Kier molecular flexibility index (Phi) is 5.17. The highest BCUT2D eigenvalue weighted by Crippen LogP contribution is 2.23. The van der Waals surface area contributed by atoms with Crippen LogP contribution in [0.3, 0.4) is 0 Å². The van der Waals surface area contributed by atoms with Crippen molar-refractivity contribution < 1.29 is 4.74 Å². The van der Waals surface area contributed by atoms with E-state index >= 15 is 0 Å².